The molecule has 35 heavy (non-hydrogen) atoms. The van der Waals surface area contributed by atoms with E-state index in [0.29, 0.717) is 24.7 Å². The first-order valence-corrected chi connectivity index (χ1v) is 13.1. The van der Waals surface area contributed by atoms with Crippen LogP contribution in [0, 0.1) is 52.8 Å². The van der Waals surface area contributed by atoms with E-state index in [4.69, 9.17) is 4.74 Å². The number of carboxylic acid groups (broad SMARTS) is 1. The average Bonchev–Trinajstić information content (AvgIpc) is 3.27. The van der Waals surface area contributed by atoms with Crippen LogP contribution in [0.3, 0.4) is 0 Å². The molecule has 1 saturated carbocycles. The summed E-state index contributed by atoms with van der Waals surface area (Å²) in [7, 11) is 0. The number of esters is 1. The van der Waals surface area contributed by atoms with Gasteiger partial charge >= 0.3 is 11.9 Å². The SMILES string of the molecule is C[C@@H]1C[C@H](C)C[C@H](C)[C@@H](O)CC(=O)OC([C@@H]2CCC[C@H]2C(=O)O)/C=C/C=C/C(C#N)[C@H](O)[C@@H](C)C1. The molecular weight excluding hydrogens is 446 g/mol. The van der Waals surface area contributed by atoms with Crippen molar-refractivity contribution in [1.82, 2.24) is 0 Å². The fourth-order valence-electron chi connectivity index (χ4n) is 5.92. The number of carbonyl (C=O) groups excluding carboxylic acids is 1. The Morgan fingerprint density at radius 2 is 1.63 bits per heavy atom. The van der Waals surface area contributed by atoms with E-state index in [1.807, 2.05) is 13.8 Å². The zero-order valence-electron chi connectivity index (χ0n) is 21.5. The second-order valence-corrected chi connectivity index (χ2v) is 11.1. The van der Waals surface area contributed by atoms with Crippen molar-refractivity contribution >= 4 is 11.9 Å². The maximum Gasteiger partial charge on any atom is 0.309 e. The molecule has 1 aliphatic carbocycles. The molecule has 1 heterocycles. The highest BCUT2D eigenvalue weighted by molar-refractivity contribution is 5.72. The number of rotatable bonds is 2. The third-order valence-corrected chi connectivity index (χ3v) is 7.79. The van der Waals surface area contributed by atoms with Crippen molar-refractivity contribution in [3.8, 4) is 6.07 Å². The Kier molecular flexibility index (Phi) is 11.5. The molecule has 1 aliphatic heterocycles. The van der Waals surface area contributed by atoms with Crippen LogP contribution in [0.15, 0.2) is 24.3 Å². The predicted octanol–water partition coefficient (Wildman–Crippen LogP) is 4.49. The Balaban J connectivity index is 2.31. The van der Waals surface area contributed by atoms with Gasteiger partial charge in [0, 0.05) is 5.92 Å². The van der Waals surface area contributed by atoms with Gasteiger partial charge in [-0.05, 0) is 61.9 Å². The van der Waals surface area contributed by atoms with Gasteiger partial charge in [-0.2, -0.15) is 5.26 Å². The van der Waals surface area contributed by atoms with E-state index in [-0.39, 0.29) is 24.2 Å². The summed E-state index contributed by atoms with van der Waals surface area (Å²) < 4.78 is 5.72. The molecule has 0 radical (unpaired) electrons. The molecule has 0 bridgehead atoms. The molecule has 1 fully saturated rings. The largest absolute Gasteiger partial charge is 0.481 e. The average molecular weight is 490 g/mol. The van der Waals surface area contributed by atoms with Crippen molar-refractivity contribution in [2.75, 3.05) is 0 Å². The highest BCUT2D eigenvalue weighted by Crippen LogP contribution is 2.36. The van der Waals surface area contributed by atoms with Crippen LogP contribution in [0.4, 0.5) is 0 Å². The summed E-state index contributed by atoms with van der Waals surface area (Å²) in [6, 6.07) is 2.17. The Morgan fingerprint density at radius 3 is 2.26 bits per heavy atom. The summed E-state index contributed by atoms with van der Waals surface area (Å²) in [5.74, 6) is -2.53. The molecule has 2 unspecified atom stereocenters. The number of allylic oxidation sites excluding steroid dienone is 2. The third-order valence-electron chi connectivity index (χ3n) is 7.79. The highest BCUT2D eigenvalue weighted by Gasteiger charge is 2.39. The van der Waals surface area contributed by atoms with Crippen molar-refractivity contribution in [3.63, 3.8) is 0 Å². The lowest BCUT2D eigenvalue weighted by molar-refractivity contribution is -0.156. The number of nitrogens with zero attached hydrogens (tertiary/aromatic N) is 1. The van der Waals surface area contributed by atoms with E-state index >= 15 is 0 Å². The summed E-state index contributed by atoms with van der Waals surface area (Å²) in [5, 5.41) is 40.7. The number of carbonyl (C=O) groups is 2. The van der Waals surface area contributed by atoms with Crippen molar-refractivity contribution in [3.05, 3.63) is 24.3 Å². The van der Waals surface area contributed by atoms with Gasteiger partial charge in [0.15, 0.2) is 0 Å². The van der Waals surface area contributed by atoms with Crippen LogP contribution in [-0.2, 0) is 14.3 Å². The summed E-state index contributed by atoms with van der Waals surface area (Å²) in [4.78, 5) is 24.5. The van der Waals surface area contributed by atoms with E-state index in [2.05, 4.69) is 19.9 Å². The first-order chi connectivity index (χ1) is 16.5. The van der Waals surface area contributed by atoms with Crippen LogP contribution in [0.1, 0.15) is 72.6 Å². The number of nitriles is 1. The number of hydrogen-bond donors (Lipinski definition) is 3. The monoisotopic (exact) mass is 489 g/mol. The molecule has 7 nitrogen and oxygen atoms in total. The van der Waals surface area contributed by atoms with Crippen LogP contribution >= 0.6 is 0 Å². The number of aliphatic hydroxyl groups excluding tert-OH is 2. The fraction of sp³-hybridized carbons (Fsp3) is 0.750. The number of cyclic esters (lactones) is 1. The lowest BCUT2D eigenvalue weighted by Crippen LogP contribution is -2.33. The van der Waals surface area contributed by atoms with Crippen LogP contribution in [0.2, 0.25) is 0 Å². The Labute approximate surface area is 209 Å². The second-order valence-electron chi connectivity index (χ2n) is 11.1. The maximum atomic E-state index is 12.7. The predicted molar refractivity (Wildman–Crippen MR) is 133 cm³/mol. The van der Waals surface area contributed by atoms with Gasteiger partial charge in [0.25, 0.3) is 0 Å². The van der Waals surface area contributed by atoms with Crippen LogP contribution < -0.4 is 0 Å². The zero-order chi connectivity index (χ0) is 26.1. The summed E-state index contributed by atoms with van der Waals surface area (Å²) in [6.07, 6.45) is 8.49. The Morgan fingerprint density at radius 1 is 1.00 bits per heavy atom. The van der Waals surface area contributed by atoms with Crippen LogP contribution in [0.25, 0.3) is 0 Å². The van der Waals surface area contributed by atoms with Crippen molar-refractivity contribution in [2.24, 2.45) is 41.4 Å². The molecule has 0 saturated heterocycles. The fourth-order valence-corrected chi connectivity index (χ4v) is 5.92. The van der Waals surface area contributed by atoms with Gasteiger partial charge in [-0.1, -0.05) is 52.3 Å². The lowest BCUT2D eigenvalue weighted by Gasteiger charge is -2.28. The number of hydrogen-bond acceptors (Lipinski definition) is 6. The molecule has 3 N–H and O–H groups in total. The molecule has 7 heteroatoms. The van der Waals surface area contributed by atoms with Gasteiger partial charge in [0.2, 0.25) is 0 Å². The van der Waals surface area contributed by atoms with Crippen molar-refractivity contribution in [2.45, 2.75) is 91.0 Å². The molecule has 2 aliphatic rings. The minimum atomic E-state index is -0.898. The van der Waals surface area contributed by atoms with Gasteiger partial charge in [0.1, 0.15) is 6.10 Å². The van der Waals surface area contributed by atoms with Crippen molar-refractivity contribution in [1.29, 1.82) is 5.26 Å². The maximum absolute atomic E-state index is 12.7. The third kappa shape index (κ3) is 8.77. The second kappa shape index (κ2) is 13.8. The van der Waals surface area contributed by atoms with Crippen LogP contribution in [0.5, 0.6) is 0 Å². The molecule has 10 atom stereocenters. The molecule has 0 aromatic heterocycles. The molecule has 0 aromatic rings. The van der Waals surface area contributed by atoms with E-state index < -0.39 is 42.1 Å². The minimum absolute atomic E-state index is 0.0547. The smallest absolute Gasteiger partial charge is 0.309 e. The van der Waals surface area contributed by atoms with Crippen molar-refractivity contribution < 1.29 is 29.6 Å². The zero-order valence-corrected chi connectivity index (χ0v) is 21.5. The van der Waals surface area contributed by atoms with Gasteiger partial charge < -0.3 is 20.1 Å². The highest BCUT2D eigenvalue weighted by atomic mass is 16.5. The van der Waals surface area contributed by atoms with E-state index in [1.54, 1.807) is 24.3 Å². The number of carboxylic acids is 1. The molecule has 0 amide bonds. The normalized spacial score (nSPS) is 42.1. The molecule has 0 spiro atoms. The number of aliphatic hydroxyl groups is 2. The van der Waals surface area contributed by atoms with E-state index in [0.717, 1.165) is 25.7 Å². The molecule has 2 rings (SSSR count). The van der Waals surface area contributed by atoms with Gasteiger partial charge in [0.05, 0.1) is 36.5 Å². The van der Waals surface area contributed by atoms with Gasteiger partial charge in [-0.15, -0.1) is 0 Å². The number of aliphatic carboxylic acids is 1. The van der Waals surface area contributed by atoms with Crippen LogP contribution in [-0.4, -0.2) is 45.6 Å². The summed E-state index contributed by atoms with van der Waals surface area (Å²) in [5.41, 5.74) is 0. The topological polar surface area (TPSA) is 128 Å². The standard InChI is InChI=1S/C28H43NO6/c1-17-12-18(2)14-20(4)27(32)21(16-29)8-5-6-11-25(22-9-7-10-23(22)28(33)34)35-26(31)15-24(30)19(3)13-17/h5-6,8,11,17-25,27,30,32H,7,9-10,12-15H2,1-4H3,(H,33,34)/b8-5+,11-6+/t17-,18+,19-,20-,21?,22+,23+,24-,25?,27+/m0/s1. The summed E-state index contributed by atoms with van der Waals surface area (Å²) >= 11 is 0. The van der Waals surface area contributed by atoms with E-state index in [9.17, 15) is 30.2 Å². The Hall–Kier alpha value is -2.17. The quantitative estimate of drug-likeness (QED) is 0.488. The Bertz CT molecular complexity index is 802. The summed E-state index contributed by atoms with van der Waals surface area (Å²) in [6.45, 7) is 8.17. The number of ether oxygens (including phenoxy) is 1. The molecule has 196 valence electrons. The first kappa shape index (κ1) is 29.1. The minimum Gasteiger partial charge on any atom is -0.481 e. The molecular formula is C28H43NO6. The molecule has 0 aromatic carbocycles. The van der Waals surface area contributed by atoms with Gasteiger partial charge in [-0.25, -0.2) is 0 Å². The first-order valence-electron chi connectivity index (χ1n) is 13.1. The lowest BCUT2D eigenvalue weighted by atomic mass is 9.81. The van der Waals surface area contributed by atoms with Gasteiger partial charge in [-0.3, -0.25) is 9.59 Å². The van der Waals surface area contributed by atoms with E-state index in [1.165, 1.54) is 0 Å².